The van der Waals surface area contributed by atoms with Gasteiger partial charge >= 0.3 is 0 Å². The van der Waals surface area contributed by atoms with Crippen LogP contribution in [-0.2, 0) is 11.2 Å². The van der Waals surface area contributed by atoms with Crippen LogP contribution in [0.25, 0.3) is 0 Å². The summed E-state index contributed by atoms with van der Waals surface area (Å²) in [5.74, 6) is -0.165. The number of aromatic amines is 1. The van der Waals surface area contributed by atoms with Gasteiger partial charge < -0.3 is 16.0 Å². The summed E-state index contributed by atoms with van der Waals surface area (Å²) in [5.41, 5.74) is 7.76. The van der Waals surface area contributed by atoms with E-state index in [1.807, 2.05) is 25.2 Å². The highest BCUT2D eigenvalue weighted by Crippen LogP contribution is 2.32. The molecule has 0 bridgehead atoms. The lowest BCUT2D eigenvalue weighted by molar-refractivity contribution is -0.123. The standard InChI is InChI=1S/C20H30N4O/c1-6-8-10-16(9-7-2)20(4,5)12-15(3)24-19(25)18(21)11-17-13-22-14-23-17/h6-10,13-15,18H,1-2,11-12,21H2,3-5H3,(H,22,23)(H,24,25)/b10-8-,16-9+. The van der Waals surface area contributed by atoms with Crippen molar-refractivity contribution in [3.8, 4) is 0 Å². The van der Waals surface area contributed by atoms with E-state index in [4.69, 9.17) is 5.73 Å². The highest BCUT2D eigenvalue weighted by atomic mass is 16.2. The number of imidazole rings is 1. The molecule has 0 aliphatic rings. The van der Waals surface area contributed by atoms with Gasteiger partial charge in [0.2, 0.25) is 5.91 Å². The number of carbonyl (C=O) groups excluding carboxylic acids is 1. The average molecular weight is 342 g/mol. The second kappa shape index (κ2) is 9.79. The number of rotatable bonds is 10. The topological polar surface area (TPSA) is 83.8 Å². The van der Waals surface area contributed by atoms with Crippen molar-refractivity contribution >= 4 is 5.91 Å². The highest BCUT2D eigenvalue weighted by Gasteiger charge is 2.26. The van der Waals surface area contributed by atoms with E-state index in [0.29, 0.717) is 6.42 Å². The molecule has 1 aromatic heterocycles. The Morgan fingerprint density at radius 3 is 2.72 bits per heavy atom. The predicted octanol–water partition coefficient (Wildman–Crippen LogP) is 3.06. The monoisotopic (exact) mass is 342 g/mol. The Labute approximate surface area is 150 Å². The van der Waals surface area contributed by atoms with Crippen molar-refractivity contribution in [2.24, 2.45) is 11.1 Å². The second-order valence-corrected chi connectivity index (χ2v) is 6.82. The zero-order valence-corrected chi connectivity index (χ0v) is 15.5. The number of allylic oxidation sites excluding steroid dienone is 6. The molecule has 4 N–H and O–H groups in total. The van der Waals surface area contributed by atoms with Gasteiger partial charge in [-0.25, -0.2) is 4.98 Å². The van der Waals surface area contributed by atoms with Crippen LogP contribution in [0.3, 0.4) is 0 Å². The average Bonchev–Trinajstić information content (AvgIpc) is 3.03. The number of amides is 1. The SMILES string of the molecule is C=C/C=C\C(=C/C=C)C(C)(C)CC(C)NC(=O)C(N)Cc1c[nH]cn1. The number of hydrogen-bond acceptors (Lipinski definition) is 3. The molecule has 136 valence electrons. The van der Waals surface area contributed by atoms with Gasteiger partial charge in [0.15, 0.2) is 0 Å². The number of hydrogen-bond donors (Lipinski definition) is 3. The first-order chi connectivity index (χ1) is 11.8. The molecule has 0 aromatic carbocycles. The second-order valence-electron chi connectivity index (χ2n) is 6.82. The van der Waals surface area contributed by atoms with Crippen LogP contribution in [-0.4, -0.2) is 28.0 Å². The van der Waals surface area contributed by atoms with Crippen LogP contribution in [0.4, 0.5) is 0 Å². The minimum atomic E-state index is -0.613. The first-order valence-electron chi connectivity index (χ1n) is 8.46. The summed E-state index contributed by atoms with van der Waals surface area (Å²) < 4.78 is 0. The molecule has 0 radical (unpaired) electrons. The third kappa shape index (κ3) is 6.93. The Balaban J connectivity index is 2.66. The van der Waals surface area contributed by atoms with Gasteiger partial charge in [-0.1, -0.05) is 57.4 Å². The minimum absolute atomic E-state index is 0.0157. The molecule has 0 saturated carbocycles. The number of H-pyrrole nitrogens is 1. The van der Waals surface area contributed by atoms with Gasteiger partial charge in [-0.05, 0) is 24.3 Å². The number of nitrogens with zero attached hydrogens (tertiary/aromatic N) is 1. The quantitative estimate of drug-likeness (QED) is 0.571. The van der Waals surface area contributed by atoms with Gasteiger partial charge in [0.05, 0.1) is 18.1 Å². The third-order valence-electron chi connectivity index (χ3n) is 4.02. The van der Waals surface area contributed by atoms with Crippen LogP contribution in [0.5, 0.6) is 0 Å². The summed E-state index contributed by atoms with van der Waals surface area (Å²) in [5, 5.41) is 3.00. The molecule has 0 fully saturated rings. The molecule has 1 aromatic rings. The van der Waals surface area contributed by atoms with Crippen molar-refractivity contribution in [1.82, 2.24) is 15.3 Å². The van der Waals surface area contributed by atoms with E-state index >= 15 is 0 Å². The van der Waals surface area contributed by atoms with E-state index in [9.17, 15) is 4.79 Å². The molecule has 5 nitrogen and oxygen atoms in total. The van der Waals surface area contributed by atoms with Crippen LogP contribution in [0.2, 0.25) is 0 Å². The van der Waals surface area contributed by atoms with E-state index in [0.717, 1.165) is 17.7 Å². The fraction of sp³-hybridized carbons (Fsp3) is 0.400. The first-order valence-corrected chi connectivity index (χ1v) is 8.46. The summed E-state index contributed by atoms with van der Waals surface area (Å²) in [6.45, 7) is 13.8. The maximum atomic E-state index is 12.3. The van der Waals surface area contributed by atoms with Crippen molar-refractivity contribution in [3.63, 3.8) is 0 Å². The maximum absolute atomic E-state index is 12.3. The molecule has 0 aliphatic carbocycles. The number of carbonyl (C=O) groups is 1. The van der Waals surface area contributed by atoms with Crippen molar-refractivity contribution in [3.05, 3.63) is 67.3 Å². The molecule has 1 rings (SSSR count). The summed E-state index contributed by atoms with van der Waals surface area (Å²) >= 11 is 0. The molecule has 0 saturated heterocycles. The Bertz CT molecular complexity index is 626. The zero-order valence-electron chi connectivity index (χ0n) is 15.5. The lowest BCUT2D eigenvalue weighted by Gasteiger charge is -2.30. The zero-order chi connectivity index (χ0) is 18.9. The Kier molecular flexibility index (Phi) is 8.08. The summed E-state index contributed by atoms with van der Waals surface area (Å²) in [6.07, 6.45) is 13.9. The number of nitrogens with two attached hydrogens (primary N) is 1. The Hall–Kier alpha value is -2.40. The molecule has 2 atom stereocenters. The molecule has 1 heterocycles. The maximum Gasteiger partial charge on any atom is 0.237 e. The van der Waals surface area contributed by atoms with Gasteiger partial charge in [0.25, 0.3) is 0 Å². The molecule has 1 amide bonds. The van der Waals surface area contributed by atoms with Gasteiger partial charge in [0.1, 0.15) is 0 Å². The lowest BCUT2D eigenvalue weighted by atomic mass is 9.78. The van der Waals surface area contributed by atoms with Crippen LogP contribution < -0.4 is 11.1 Å². The van der Waals surface area contributed by atoms with Gasteiger partial charge in [-0.2, -0.15) is 0 Å². The van der Waals surface area contributed by atoms with E-state index in [1.165, 1.54) is 0 Å². The van der Waals surface area contributed by atoms with Crippen LogP contribution in [0, 0.1) is 5.41 Å². The van der Waals surface area contributed by atoms with E-state index in [2.05, 4.69) is 42.3 Å². The highest BCUT2D eigenvalue weighted by molar-refractivity contribution is 5.82. The molecular weight excluding hydrogens is 312 g/mol. The number of aromatic nitrogens is 2. The molecule has 5 heteroatoms. The van der Waals surface area contributed by atoms with Crippen molar-refractivity contribution < 1.29 is 4.79 Å². The summed E-state index contributed by atoms with van der Waals surface area (Å²) in [6, 6.07) is -0.629. The number of nitrogens with one attached hydrogen (secondary N) is 2. The molecule has 0 spiro atoms. The van der Waals surface area contributed by atoms with Gasteiger partial charge in [-0.15, -0.1) is 0 Å². The van der Waals surface area contributed by atoms with E-state index < -0.39 is 6.04 Å². The van der Waals surface area contributed by atoms with Crippen LogP contribution >= 0.6 is 0 Å². The van der Waals surface area contributed by atoms with E-state index in [1.54, 1.807) is 24.7 Å². The van der Waals surface area contributed by atoms with Gasteiger partial charge in [-0.3, -0.25) is 4.79 Å². The normalized spacial score (nSPS) is 15.0. The molecule has 25 heavy (non-hydrogen) atoms. The van der Waals surface area contributed by atoms with E-state index in [-0.39, 0.29) is 17.4 Å². The molecular formula is C20H30N4O. The van der Waals surface area contributed by atoms with Crippen LogP contribution in [0.15, 0.2) is 61.6 Å². The smallest absolute Gasteiger partial charge is 0.237 e. The van der Waals surface area contributed by atoms with Crippen molar-refractivity contribution in [2.45, 2.75) is 45.7 Å². The largest absolute Gasteiger partial charge is 0.352 e. The summed E-state index contributed by atoms with van der Waals surface area (Å²) in [7, 11) is 0. The van der Waals surface area contributed by atoms with Crippen molar-refractivity contribution in [2.75, 3.05) is 0 Å². The lowest BCUT2D eigenvalue weighted by Crippen LogP contribution is -2.46. The first kappa shape index (κ1) is 20.6. The Morgan fingerprint density at radius 2 is 2.16 bits per heavy atom. The fourth-order valence-corrected chi connectivity index (χ4v) is 2.81. The van der Waals surface area contributed by atoms with Crippen LogP contribution in [0.1, 0.15) is 32.9 Å². The summed E-state index contributed by atoms with van der Waals surface area (Å²) in [4.78, 5) is 19.3. The Morgan fingerprint density at radius 1 is 1.44 bits per heavy atom. The molecule has 2 unspecified atom stereocenters. The third-order valence-corrected chi connectivity index (χ3v) is 4.02. The fourth-order valence-electron chi connectivity index (χ4n) is 2.81. The van der Waals surface area contributed by atoms with Gasteiger partial charge in [0, 0.05) is 18.7 Å². The molecule has 0 aliphatic heterocycles. The predicted molar refractivity (Wildman–Crippen MR) is 104 cm³/mol. The van der Waals surface area contributed by atoms with Crippen molar-refractivity contribution in [1.29, 1.82) is 0 Å². The minimum Gasteiger partial charge on any atom is -0.352 e.